The van der Waals surface area contributed by atoms with Crippen molar-refractivity contribution >= 4 is 40.8 Å². The van der Waals surface area contributed by atoms with Gasteiger partial charge in [0.25, 0.3) is 0 Å². The second kappa shape index (κ2) is 6.92. The van der Waals surface area contributed by atoms with E-state index in [1.54, 1.807) is 24.3 Å². The summed E-state index contributed by atoms with van der Waals surface area (Å²) in [5, 5.41) is 12.3. The van der Waals surface area contributed by atoms with Crippen molar-refractivity contribution in [1.29, 1.82) is 5.26 Å². The summed E-state index contributed by atoms with van der Waals surface area (Å²) in [5.41, 5.74) is 6.41. The number of halogens is 1. The molecule has 2 rings (SSSR count). The zero-order valence-corrected chi connectivity index (χ0v) is 12.3. The van der Waals surface area contributed by atoms with E-state index in [2.05, 4.69) is 15.3 Å². The van der Waals surface area contributed by atoms with Crippen molar-refractivity contribution in [3.05, 3.63) is 41.0 Å². The van der Waals surface area contributed by atoms with Gasteiger partial charge >= 0.3 is 0 Å². The van der Waals surface area contributed by atoms with Crippen LogP contribution in [0.15, 0.2) is 35.6 Å². The number of nitrogens with one attached hydrogen (secondary N) is 1. The first-order chi connectivity index (χ1) is 10.1. The van der Waals surface area contributed by atoms with Crippen LogP contribution < -0.4 is 11.1 Å². The molecular formula is C13H10ClN5OS. The zero-order valence-electron chi connectivity index (χ0n) is 10.7. The maximum atomic E-state index is 11.8. The Hall–Kier alpha value is -2.30. The highest BCUT2D eigenvalue weighted by atomic mass is 35.5. The largest absolute Gasteiger partial charge is 0.382 e. The van der Waals surface area contributed by atoms with Gasteiger partial charge in [-0.15, -0.1) is 0 Å². The number of nitrogen functional groups attached to an aromatic ring is 1. The number of carbonyl (C=O) groups is 1. The number of aromatic nitrogens is 2. The first-order valence-corrected chi connectivity index (χ1v) is 7.15. The maximum absolute atomic E-state index is 11.8. The van der Waals surface area contributed by atoms with Gasteiger partial charge in [0.15, 0.2) is 5.16 Å². The van der Waals surface area contributed by atoms with Gasteiger partial charge in [-0.05, 0) is 18.2 Å². The lowest BCUT2D eigenvalue weighted by molar-refractivity contribution is -0.113. The van der Waals surface area contributed by atoms with Crippen LogP contribution in [0.4, 0.5) is 11.5 Å². The molecule has 2 aromatic rings. The van der Waals surface area contributed by atoms with Crippen LogP contribution in [-0.4, -0.2) is 21.6 Å². The number of hydrogen-bond acceptors (Lipinski definition) is 6. The monoisotopic (exact) mass is 319 g/mol. The van der Waals surface area contributed by atoms with E-state index in [-0.39, 0.29) is 23.0 Å². The smallest absolute Gasteiger partial charge is 0.234 e. The van der Waals surface area contributed by atoms with E-state index < -0.39 is 0 Å². The number of nitrogens with zero attached hydrogens (tertiary/aromatic N) is 3. The summed E-state index contributed by atoms with van der Waals surface area (Å²) < 4.78 is 0. The topological polar surface area (TPSA) is 105 Å². The second-order valence-corrected chi connectivity index (χ2v) is 5.29. The Morgan fingerprint density at radius 3 is 3.00 bits per heavy atom. The van der Waals surface area contributed by atoms with Crippen molar-refractivity contribution in [1.82, 2.24) is 9.97 Å². The molecule has 0 saturated carbocycles. The molecular weight excluding hydrogens is 310 g/mol. The van der Waals surface area contributed by atoms with Crippen LogP contribution >= 0.6 is 23.4 Å². The van der Waals surface area contributed by atoms with Crippen molar-refractivity contribution in [3.8, 4) is 6.07 Å². The summed E-state index contributed by atoms with van der Waals surface area (Å²) >= 11 is 6.96. The predicted molar refractivity (Wildman–Crippen MR) is 82.0 cm³/mol. The zero-order chi connectivity index (χ0) is 15.2. The Kier molecular flexibility index (Phi) is 4.98. The summed E-state index contributed by atoms with van der Waals surface area (Å²) in [7, 11) is 0. The molecule has 0 bridgehead atoms. The quantitative estimate of drug-likeness (QED) is 0.662. The lowest BCUT2D eigenvalue weighted by Gasteiger charge is -2.05. The van der Waals surface area contributed by atoms with Crippen LogP contribution in [0.5, 0.6) is 0 Å². The normalized spacial score (nSPS) is 9.90. The van der Waals surface area contributed by atoms with E-state index in [0.717, 1.165) is 11.8 Å². The lowest BCUT2D eigenvalue weighted by Crippen LogP contribution is -2.14. The van der Waals surface area contributed by atoms with Crippen molar-refractivity contribution in [2.75, 3.05) is 16.8 Å². The molecule has 0 saturated heterocycles. The standard InChI is InChI=1S/C13H10ClN5OS/c14-9-2-1-3-10(4-9)18-11(20)7-21-13-17-6-8(5-15)12(16)19-13/h1-4,6H,7H2,(H,18,20)(H2,16,17,19). The Bertz CT molecular complexity index is 716. The van der Waals surface area contributed by atoms with E-state index in [4.69, 9.17) is 22.6 Å². The fourth-order valence-electron chi connectivity index (χ4n) is 1.43. The minimum Gasteiger partial charge on any atom is -0.382 e. The molecule has 21 heavy (non-hydrogen) atoms. The van der Waals surface area contributed by atoms with Gasteiger partial charge in [0.1, 0.15) is 17.5 Å². The minimum absolute atomic E-state index is 0.102. The maximum Gasteiger partial charge on any atom is 0.234 e. The fourth-order valence-corrected chi connectivity index (χ4v) is 2.24. The number of nitrogens with two attached hydrogens (primary N) is 1. The van der Waals surface area contributed by atoms with E-state index in [0.29, 0.717) is 15.9 Å². The van der Waals surface area contributed by atoms with Crippen molar-refractivity contribution in [3.63, 3.8) is 0 Å². The molecule has 8 heteroatoms. The van der Waals surface area contributed by atoms with Gasteiger partial charge in [0, 0.05) is 10.7 Å². The molecule has 1 amide bonds. The second-order valence-electron chi connectivity index (χ2n) is 3.91. The fraction of sp³-hybridized carbons (Fsp3) is 0.0769. The van der Waals surface area contributed by atoms with Crippen LogP contribution in [0, 0.1) is 11.3 Å². The molecule has 0 spiro atoms. The molecule has 3 N–H and O–H groups in total. The SMILES string of the molecule is N#Cc1cnc(SCC(=O)Nc2cccc(Cl)c2)nc1N. The lowest BCUT2D eigenvalue weighted by atomic mass is 10.3. The number of hydrogen-bond donors (Lipinski definition) is 2. The van der Waals surface area contributed by atoms with Crippen LogP contribution in [0.3, 0.4) is 0 Å². The summed E-state index contributed by atoms with van der Waals surface area (Å²) in [6.07, 6.45) is 1.33. The van der Waals surface area contributed by atoms with Gasteiger partial charge in [0.05, 0.1) is 11.9 Å². The van der Waals surface area contributed by atoms with Crippen LogP contribution in [0.2, 0.25) is 5.02 Å². The Morgan fingerprint density at radius 1 is 1.52 bits per heavy atom. The molecule has 1 heterocycles. The third kappa shape index (κ3) is 4.34. The molecule has 1 aromatic carbocycles. The molecule has 0 radical (unpaired) electrons. The summed E-state index contributed by atoms with van der Waals surface area (Å²) in [6, 6.07) is 8.74. The van der Waals surface area contributed by atoms with E-state index >= 15 is 0 Å². The molecule has 0 fully saturated rings. The Labute approximate surface area is 130 Å². The number of anilines is 2. The molecule has 6 nitrogen and oxygen atoms in total. The van der Waals surface area contributed by atoms with Gasteiger partial charge in [-0.2, -0.15) is 5.26 Å². The first-order valence-electron chi connectivity index (χ1n) is 5.79. The van der Waals surface area contributed by atoms with Gasteiger partial charge in [-0.25, -0.2) is 9.97 Å². The molecule has 0 aliphatic rings. The number of carbonyl (C=O) groups excluding carboxylic acids is 1. The summed E-state index contributed by atoms with van der Waals surface area (Å²) in [4.78, 5) is 19.7. The van der Waals surface area contributed by atoms with E-state index in [9.17, 15) is 4.79 Å². The van der Waals surface area contributed by atoms with Crippen LogP contribution in [0.25, 0.3) is 0 Å². The van der Waals surface area contributed by atoms with Crippen molar-refractivity contribution < 1.29 is 4.79 Å². The third-order valence-corrected chi connectivity index (χ3v) is 3.45. The third-order valence-electron chi connectivity index (χ3n) is 2.36. The number of rotatable bonds is 4. The van der Waals surface area contributed by atoms with Crippen molar-refractivity contribution in [2.45, 2.75) is 5.16 Å². The van der Waals surface area contributed by atoms with Crippen molar-refractivity contribution in [2.24, 2.45) is 0 Å². The predicted octanol–water partition coefficient (Wildman–Crippen LogP) is 2.31. The number of benzene rings is 1. The molecule has 106 valence electrons. The number of nitriles is 1. The summed E-state index contributed by atoms with van der Waals surface area (Å²) in [5.74, 6) is 0.0109. The minimum atomic E-state index is -0.214. The molecule has 0 aliphatic heterocycles. The average Bonchev–Trinajstić information content (AvgIpc) is 2.45. The van der Waals surface area contributed by atoms with Gasteiger partial charge in [-0.1, -0.05) is 29.4 Å². The number of thioether (sulfide) groups is 1. The van der Waals surface area contributed by atoms with Gasteiger partial charge < -0.3 is 11.1 Å². The summed E-state index contributed by atoms with van der Waals surface area (Å²) in [6.45, 7) is 0. The number of amides is 1. The van der Waals surface area contributed by atoms with E-state index in [1.807, 2.05) is 6.07 Å². The molecule has 1 aromatic heterocycles. The molecule has 0 aliphatic carbocycles. The first kappa shape index (κ1) is 15.1. The van der Waals surface area contributed by atoms with Crippen LogP contribution in [0.1, 0.15) is 5.56 Å². The average molecular weight is 320 g/mol. The Balaban J connectivity index is 1.92. The molecule has 0 atom stereocenters. The van der Waals surface area contributed by atoms with Crippen LogP contribution in [-0.2, 0) is 4.79 Å². The highest BCUT2D eigenvalue weighted by molar-refractivity contribution is 7.99. The highest BCUT2D eigenvalue weighted by Gasteiger charge is 2.08. The highest BCUT2D eigenvalue weighted by Crippen LogP contribution is 2.18. The van der Waals surface area contributed by atoms with E-state index in [1.165, 1.54) is 6.20 Å². The van der Waals surface area contributed by atoms with Gasteiger partial charge in [0.2, 0.25) is 5.91 Å². The Morgan fingerprint density at radius 2 is 2.33 bits per heavy atom. The molecule has 0 unspecified atom stereocenters. The van der Waals surface area contributed by atoms with Gasteiger partial charge in [-0.3, -0.25) is 4.79 Å².